The van der Waals surface area contributed by atoms with Gasteiger partial charge in [0.25, 0.3) is 0 Å². The van der Waals surface area contributed by atoms with Crippen LogP contribution in [0, 0.1) is 0 Å². The van der Waals surface area contributed by atoms with E-state index in [0.717, 1.165) is 0 Å². The number of carboxylic acids is 3. The van der Waals surface area contributed by atoms with Crippen molar-refractivity contribution in [1.29, 1.82) is 0 Å². The smallest absolute Gasteiger partial charge is 1.00 e. The molecule has 9 nitrogen and oxygen atoms in total. The topological polar surface area (TPSA) is 158 Å². The van der Waals surface area contributed by atoms with E-state index in [2.05, 4.69) is 4.43 Å². The summed E-state index contributed by atoms with van der Waals surface area (Å²) in [6.45, 7) is 0. The summed E-state index contributed by atoms with van der Waals surface area (Å²) in [5.41, 5.74) is -2.73. The van der Waals surface area contributed by atoms with E-state index >= 15 is 0 Å². The van der Waals surface area contributed by atoms with E-state index in [1.54, 1.807) is 0 Å². The number of hydrogen-bond acceptors (Lipinski definition) is 5. The van der Waals surface area contributed by atoms with Crippen LogP contribution in [0.1, 0.15) is 15.7 Å². The molecule has 0 aromatic rings. The van der Waals surface area contributed by atoms with E-state index in [-0.39, 0.29) is 40.6 Å². The summed E-state index contributed by atoms with van der Waals surface area (Å²) >= 11 is 0. The van der Waals surface area contributed by atoms with Crippen LogP contribution in [0.25, 0.3) is 0 Å². The summed E-state index contributed by atoms with van der Waals surface area (Å²) in [5.74, 6) is -5.25. The van der Waals surface area contributed by atoms with Gasteiger partial charge < -0.3 is 27.4 Å². The third-order valence-electron chi connectivity index (χ3n) is 1.55. The van der Waals surface area contributed by atoms with Crippen molar-refractivity contribution in [2.75, 3.05) is 0 Å². The molecule has 0 bridgehead atoms. The van der Waals surface area contributed by atoms with Crippen LogP contribution in [0.4, 0.5) is 0 Å². The van der Waals surface area contributed by atoms with Crippen LogP contribution in [0.3, 0.4) is 0 Å². The molecule has 17 heavy (non-hydrogen) atoms. The van der Waals surface area contributed by atoms with Crippen molar-refractivity contribution < 1.29 is 46.2 Å². The first-order valence-electron chi connectivity index (χ1n) is 3.78. The molecule has 0 aliphatic carbocycles. The molecular formula is C6H10CaO9Si. The predicted octanol–water partition coefficient (Wildman–Crippen LogP) is -1.97. The SMILES string of the molecule is O=C(O)CC(CC(=O)O)(O[Si](=O)O)C(=O)O.[Ca+2].[H-].[H-]. The Morgan fingerprint density at radius 3 is 1.65 bits per heavy atom. The fraction of sp³-hybridized carbons (Fsp3) is 0.500. The number of carboxylic acid groups (broad SMARTS) is 3. The van der Waals surface area contributed by atoms with E-state index in [4.69, 9.17) is 20.1 Å². The molecule has 0 unspecified atom stereocenters. The van der Waals surface area contributed by atoms with Crippen LogP contribution in [-0.4, -0.2) is 90.5 Å². The van der Waals surface area contributed by atoms with Gasteiger partial charge in [-0.05, 0) is 0 Å². The van der Waals surface area contributed by atoms with Gasteiger partial charge in [-0.1, -0.05) is 0 Å². The molecule has 11 heteroatoms. The monoisotopic (exact) mass is 294 g/mol. The number of rotatable bonds is 7. The minimum absolute atomic E-state index is 0. The van der Waals surface area contributed by atoms with Gasteiger partial charge >= 0.3 is 64.8 Å². The second-order valence-corrected chi connectivity index (χ2v) is 3.54. The summed E-state index contributed by atoms with van der Waals surface area (Å²) in [5, 5.41) is 25.5. The van der Waals surface area contributed by atoms with Crippen molar-refractivity contribution >= 4 is 64.8 Å². The molecule has 0 saturated heterocycles. The van der Waals surface area contributed by atoms with Crippen LogP contribution in [0.15, 0.2) is 0 Å². The molecule has 0 fully saturated rings. The summed E-state index contributed by atoms with van der Waals surface area (Å²) in [6, 6.07) is 0. The Hall–Kier alpha value is -0.713. The Morgan fingerprint density at radius 2 is 1.47 bits per heavy atom. The van der Waals surface area contributed by atoms with Gasteiger partial charge in [-0.3, -0.25) is 14.1 Å². The van der Waals surface area contributed by atoms with Gasteiger partial charge in [-0.2, -0.15) is 0 Å². The fourth-order valence-electron chi connectivity index (χ4n) is 0.985. The summed E-state index contributed by atoms with van der Waals surface area (Å²) in [7, 11) is -3.78. The normalized spacial score (nSPS) is 9.88. The van der Waals surface area contributed by atoms with E-state index in [1.807, 2.05) is 0 Å². The van der Waals surface area contributed by atoms with Gasteiger partial charge in [-0.25, -0.2) is 4.79 Å². The summed E-state index contributed by atoms with van der Waals surface area (Å²) < 4.78 is 14.5. The fourth-order valence-corrected chi connectivity index (χ4v) is 1.55. The van der Waals surface area contributed by atoms with Crippen LogP contribution in [0.2, 0.25) is 0 Å². The number of aliphatic carboxylic acids is 3. The Balaban J connectivity index is -0.000000375. The van der Waals surface area contributed by atoms with Gasteiger partial charge in [0.15, 0.2) is 0 Å². The molecule has 0 rings (SSSR count). The first-order chi connectivity index (χ1) is 7.19. The Bertz CT molecular complexity index is 309. The maximum Gasteiger partial charge on any atom is 2.00 e. The summed E-state index contributed by atoms with van der Waals surface area (Å²) in [6.07, 6.45) is -2.46. The molecule has 0 saturated carbocycles. The van der Waals surface area contributed by atoms with Gasteiger partial charge in [-0.15, -0.1) is 0 Å². The molecule has 4 N–H and O–H groups in total. The van der Waals surface area contributed by atoms with Crippen LogP contribution >= 0.6 is 0 Å². The molecule has 0 radical (unpaired) electrons. The Kier molecular flexibility index (Phi) is 8.32. The third-order valence-corrected chi connectivity index (χ3v) is 2.11. The number of carbonyl (C=O) groups is 3. The van der Waals surface area contributed by atoms with E-state index < -0.39 is 45.5 Å². The van der Waals surface area contributed by atoms with Crippen LogP contribution in [-0.2, 0) is 23.3 Å². The van der Waals surface area contributed by atoms with E-state index in [1.165, 1.54) is 0 Å². The third kappa shape index (κ3) is 6.56. The van der Waals surface area contributed by atoms with E-state index in [9.17, 15) is 18.8 Å². The Labute approximate surface area is 129 Å². The minimum atomic E-state index is -3.78. The minimum Gasteiger partial charge on any atom is -1.00 e. The molecule has 0 heterocycles. The molecule has 0 aliphatic rings. The van der Waals surface area contributed by atoms with Crippen molar-refractivity contribution in [3.05, 3.63) is 0 Å². The molecule has 0 atom stereocenters. The van der Waals surface area contributed by atoms with Gasteiger partial charge in [0, 0.05) is 0 Å². The van der Waals surface area contributed by atoms with Crippen molar-refractivity contribution in [2.24, 2.45) is 0 Å². The zero-order valence-electron chi connectivity index (χ0n) is 10.5. The maximum atomic E-state index is 10.7. The van der Waals surface area contributed by atoms with Crippen molar-refractivity contribution in [2.45, 2.75) is 18.4 Å². The predicted molar refractivity (Wildman–Crippen MR) is 52.6 cm³/mol. The van der Waals surface area contributed by atoms with Gasteiger partial charge in [0.05, 0.1) is 12.8 Å². The summed E-state index contributed by atoms with van der Waals surface area (Å²) in [4.78, 5) is 39.9. The molecule has 0 aromatic heterocycles. The van der Waals surface area contributed by atoms with Crippen LogP contribution in [0.5, 0.6) is 0 Å². The number of hydrogen-bond donors (Lipinski definition) is 4. The first-order valence-corrected chi connectivity index (χ1v) is 5.05. The molecule has 0 aliphatic heterocycles. The quantitative estimate of drug-likeness (QED) is 0.390. The second kappa shape index (κ2) is 7.58. The standard InChI is InChI=1S/C6H8O9Si.Ca.2H/c7-3(8)1-6(5(11)12,2-4(9)10)15-16(13)14;;;/h13H,1-2H2,(H,7,8)(H,9,10)(H,11,12);;;/q;+2;2*-1. The van der Waals surface area contributed by atoms with Crippen molar-refractivity contribution in [1.82, 2.24) is 0 Å². The maximum absolute atomic E-state index is 10.7. The van der Waals surface area contributed by atoms with Gasteiger partial charge in [0.1, 0.15) is 0 Å². The molecule has 0 spiro atoms. The molecule has 0 amide bonds. The molecular weight excluding hydrogens is 284 g/mol. The zero-order chi connectivity index (χ0) is 12.9. The first kappa shape index (κ1) is 18.6. The zero-order valence-corrected chi connectivity index (χ0v) is 11.7. The average molecular weight is 294 g/mol. The van der Waals surface area contributed by atoms with Crippen LogP contribution < -0.4 is 0 Å². The average Bonchev–Trinajstić information content (AvgIpc) is 1.98. The van der Waals surface area contributed by atoms with Gasteiger partial charge in [0.2, 0.25) is 5.60 Å². The second-order valence-electron chi connectivity index (χ2n) is 2.81. The Morgan fingerprint density at radius 1 is 1.12 bits per heavy atom. The molecule has 0 aromatic carbocycles. The van der Waals surface area contributed by atoms with Crippen molar-refractivity contribution in [3.8, 4) is 0 Å². The van der Waals surface area contributed by atoms with E-state index in [0.29, 0.717) is 0 Å². The largest absolute Gasteiger partial charge is 2.00 e. The molecule has 94 valence electrons. The van der Waals surface area contributed by atoms with Crippen molar-refractivity contribution in [3.63, 3.8) is 0 Å².